The molecular formula is C12H14N2. The molecule has 2 rings (SSSR count). The second kappa shape index (κ2) is 3.43. The van der Waals surface area contributed by atoms with Crippen LogP contribution >= 0.6 is 0 Å². The van der Waals surface area contributed by atoms with Gasteiger partial charge in [-0.3, -0.25) is 5.32 Å². The van der Waals surface area contributed by atoms with E-state index in [0.717, 1.165) is 19.4 Å². The highest BCUT2D eigenvalue weighted by Gasteiger charge is 2.36. The number of hydrogen-bond acceptors (Lipinski definition) is 2. The van der Waals surface area contributed by atoms with E-state index in [1.165, 1.54) is 11.1 Å². The van der Waals surface area contributed by atoms with Crippen LogP contribution in [0.5, 0.6) is 0 Å². The fourth-order valence-electron chi connectivity index (χ4n) is 2.20. The first-order valence-corrected chi connectivity index (χ1v) is 5.03. The number of fused-ring (bicyclic) bond motifs is 1. The summed E-state index contributed by atoms with van der Waals surface area (Å²) in [5, 5.41) is 12.5. The molecule has 0 fully saturated rings. The van der Waals surface area contributed by atoms with E-state index in [1.807, 2.05) is 19.1 Å². The zero-order valence-electron chi connectivity index (χ0n) is 8.38. The lowest BCUT2D eigenvalue weighted by Gasteiger charge is -2.20. The quantitative estimate of drug-likeness (QED) is 0.762. The number of nitrogens with one attached hydrogen (secondary N) is 1. The topological polar surface area (TPSA) is 35.8 Å². The fourth-order valence-corrected chi connectivity index (χ4v) is 2.20. The predicted molar refractivity (Wildman–Crippen MR) is 55.9 cm³/mol. The molecule has 2 heteroatoms. The molecule has 1 N–H and O–H groups in total. The van der Waals surface area contributed by atoms with Gasteiger partial charge >= 0.3 is 0 Å². The molecule has 0 bridgehead atoms. The van der Waals surface area contributed by atoms with E-state index < -0.39 is 0 Å². The summed E-state index contributed by atoms with van der Waals surface area (Å²) in [6, 6.07) is 10.7. The van der Waals surface area contributed by atoms with Crippen molar-refractivity contribution in [1.82, 2.24) is 5.32 Å². The molecule has 0 unspecified atom stereocenters. The lowest BCUT2D eigenvalue weighted by molar-refractivity contribution is 0.444. The Bertz CT molecular complexity index is 351. The highest BCUT2D eigenvalue weighted by atomic mass is 15.0. The Morgan fingerprint density at radius 1 is 1.36 bits per heavy atom. The van der Waals surface area contributed by atoms with Gasteiger partial charge in [0, 0.05) is 12.8 Å². The van der Waals surface area contributed by atoms with E-state index >= 15 is 0 Å². The van der Waals surface area contributed by atoms with Crippen molar-refractivity contribution in [3.05, 3.63) is 35.4 Å². The summed E-state index contributed by atoms with van der Waals surface area (Å²) in [6.45, 7) is 2.89. The maximum absolute atomic E-state index is 9.21. The van der Waals surface area contributed by atoms with Crippen LogP contribution in [0.3, 0.4) is 0 Å². The smallest absolute Gasteiger partial charge is 0.114 e. The Morgan fingerprint density at radius 3 is 2.36 bits per heavy atom. The van der Waals surface area contributed by atoms with Crippen molar-refractivity contribution in [2.24, 2.45) is 0 Å². The molecule has 0 aromatic heterocycles. The molecule has 1 aromatic carbocycles. The summed E-state index contributed by atoms with van der Waals surface area (Å²) in [6.07, 6.45) is 1.68. The highest BCUT2D eigenvalue weighted by Crippen LogP contribution is 2.29. The fraction of sp³-hybridized carbons (Fsp3) is 0.417. The zero-order chi connectivity index (χ0) is 10.0. The minimum Gasteiger partial charge on any atom is -0.299 e. The molecule has 2 nitrogen and oxygen atoms in total. The molecule has 72 valence electrons. The standard InChI is InChI=1S/C12H14N2/c1-2-14-12(9-13)7-10-5-3-4-6-11(10)8-12/h3-6,14H,2,7-8H2,1H3. The number of likely N-dealkylation sites (N-methyl/N-ethyl adjacent to an activating group) is 1. The van der Waals surface area contributed by atoms with Crippen LogP contribution < -0.4 is 5.32 Å². The van der Waals surface area contributed by atoms with Crippen molar-refractivity contribution < 1.29 is 0 Å². The molecule has 0 saturated heterocycles. The summed E-state index contributed by atoms with van der Waals surface area (Å²) in [4.78, 5) is 0. The lowest BCUT2D eigenvalue weighted by Crippen LogP contribution is -2.44. The average molecular weight is 186 g/mol. The van der Waals surface area contributed by atoms with Crippen LogP contribution in [0.4, 0.5) is 0 Å². The maximum Gasteiger partial charge on any atom is 0.114 e. The Hall–Kier alpha value is -1.33. The van der Waals surface area contributed by atoms with Gasteiger partial charge in [-0.1, -0.05) is 31.2 Å². The average Bonchev–Trinajstić information content (AvgIpc) is 2.57. The van der Waals surface area contributed by atoms with Crippen molar-refractivity contribution in [3.63, 3.8) is 0 Å². The number of nitrogens with zero attached hydrogens (tertiary/aromatic N) is 1. The highest BCUT2D eigenvalue weighted by molar-refractivity contribution is 5.39. The van der Waals surface area contributed by atoms with Crippen LogP contribution in [0.2, 0.25) is 0 Å². The third kappa shape index (κ3) is 1.40. The van der Waals surface area contributed by atoms with Gasteiger partial charge in [0.2, 0.25) is 0 Å². The molecule has 0 aliphatic heterocycles. The van der Waals surface area contributed by atoms with Gasteiger partial charge in [-0.15, -0.1) is 0 Å². The first-order chi connectivity index (χ1) is 6.79. The summed E-state index contributed by atoms with van der Waals surface area (Å²) in [7, 11) is 0. The number of hydrogen-bond donors (Lipinski definition) is 1. The van der Waals surface area contributed by atoms with Crippen molar-refractivity contribution in [2.45, 2.75) is 25.3 Å². The van der Waals surface area contributed by atoms with Crippen LogP contribution in [0, 0.1) is 11.3 Å². The Kier molecular flexibility index (Phi) is 2.26. The molecule has 0 atom stereocenters. The monoisotopic (exact) mass is 186 g/mol. The molecule has 0 spiro atoms. The SMILES string of the molecule is CCNC1(C#N)Cc2ccccc2C1. The van der Waals surface area contributed by atoms with E-state index in [1.54, 1.807) is 0 Å². The molecule has 0 radical (unpaired) electrons. The normalized spacial score (nSPS) is 17.4. The van der Waals surface area contributed by atoms with Crippen LogP contribution in [-0.4, -0.2) is 12.1 Å². The van der Waals surface area contributed by atoms with E-state index in [-0.39, 0.29) is 5.54 Å². The summed E-state index contributed by atoms with van der Waals surface area (Å²) in [5.74, 6) is 0. The third-order valence-electron chi connectivity index (χ3n) is 2.83. The molecule has 1 aliphatic carbocycles. The molecular weight excluding hydrogens is 172 g/mol. The van der Waals surface area contributed by atoms with E-state index in [4.69, 9.17) is 0 Å². The first-order valence-electron chi connectivity index (χ1n) is 5.03. The molecule has 14 heavy (non-hydrogen) atoms. The van der Waals surface area contributed by atoms with Gasteiger partial charge in [-0.05, 0) is 17.7 Å². The third-order valence-corrected chi connectivity index (χ3v) is 2.83. The second-order valence-electron chi connectivity index (χ2n) is 3.85. The molecule has 0 saturated carbocycles. The van der Waals surface area contributed by atoms with Crippen molar-refractivity contribution in [2.75, 3.05) is 6.54 Å². The molecule has 1 aromatic rings. The van der Waals surface area contributed by atoms with Crippen LogP contribution in [0.15, 0.2) is 24.3 Å². The first kappa shape index (κ1) is 9.23. The Labute approximate surface area is 84.6 Å². The summed E-state index contributed by atoms with van der Waals surface area (Å²) >= 11 is 0. The minimum absolute atomic E-state index is 0.349. The largest absolute Gasteiger partial charge is 0.299 e. The van der Waals surface area contributed by atoms with Crippen LogP contribution in [0.25, 0.3) is 0 Å². The lowest BCUT2D eigenvalue weighted by atomic mass is 9.98. The van der Waals surface area contributed by atoms with E-state index in [9.17, 15) is 5.26 Å². The van der Waals surface area contributed by atoms with Gasteiger partial charge in [0.25, 0.3) is 0 Å². The Morgan fingerprint density at radius 2 is 1.93 bits per heavy atom. The molecule has 1 aliphatic rings. The van der Waals surface area contributed by atoms with Gasteiger partial charge in [0.05, 0.1) is 6.07 Å². The van der Waals surface area contributed by atoms with Gasteiger partial charge in [-0.2, -0.15) is 5.26 Å². The van der Waals surface area contributed by atoms with Crippen molar-refractivity contribution in [1.29, 1.82) is 5.26 Å². The van der Waals surface area contributed by atoms with Crippen LogP contribution in [-0.2, 0) is 12.8 Å². The molecule has 0 heterocycles. The van der Waals surface area contributed by atoms with Gasteiger partial charge < -0.3 is 0 Å². The predicted octanol–water partition coefficient (Wildman–Crippen LogP) is 1.66. The molecule has 0 amide bonds. The van der Waals surface area contributed by atoms with E-state index in [2.05, 4.69) is 23.5 Å². The summed E-state index contributed by atoms with van der Waals surface area (Å²) < 4.78 is 0. The van der Waals surface area contributed by atoms with Gasteiger partial charge in [0.1, 0.15) is 5.54 Å². The van der Waals surface area contributed by atoms with Crippen LogP contribution in [0.1, 0.15) is 18.1 Å². The minimum atomic E-state index is -0.349. The van der Waals surface area contributed by atoms with Gasteiger partial charge in [-0.25, -0.2) is 0 Å². The van der Waals surface area contributed by atoms with Crippen molar-refractivity contribution >= 4 is 0 Å². The zero-order valence-corrected chi connectivity index (χ0v) is 8.38. The summed E-state index contributed by atoms with van der Waals surface area (Å²) in [5.41, 5.74) is 2.28. The number of nitriles is 1. The number of rotatable bonds is 2. The maximum atomic E-state index is 9.21. The van der Waals surface area contributed by atoms with Gasteiger partial charge in [0.15, 0.2) is 0 Å². The van der Waals surface area contributed by atoms with E-state index in [0.29, 0.717) is 0 Å². The number of benzene rings is 1. The van der Waals surface area contributed by atoms with Crippen molar-refractivity contribution in [3.8, 4) is 6.07 Å². The Balaban J connectivity index is 2.29. The second-order valence-corrected chi connectivity index (χ2v) is 3.85.